The predicted octanol–water partition coefficient (Wildman–Crippen LogP) is 4.32. The summed E-state index contributed by atoms with van der Waals surface area (Å²) in [5, 5.41) is 14.3. The Hall–Kier alpha value is -4.70. The molecular formula is C27H26FN3O6. The average molecular weight is 508 g/mol. The quantitative estimate of drug-likeness (QED) is 0.250. The van der Waals surface area contributed by atoms with Gasteiger partial charge < -0.3 is 25.6 Å². The lowest BCUT2D eigenvalue weighted by atomic mass is 10.0. The molecule has 5 N–H and O–H groups in total. The zero-order chi connectivity index (χ0) is 26.8. The van der Waals surface area contributed by atoms with Crippen LogP contribution in [0.1, 0.15) is 28.9 Å². The van der Waals surface area contributed by atoms with Crippen molar-refractivity contribution in [2.45, 2.75) is 19.1 Å². The number of phenols is 1. The Morgan fingerprint density at radius 3 is 2.43 bits per heavy atom. The van der Waals surface area contributed by atoms with Crippen molar-refractivity contribution in [2.75, 3.05) is 17.7 Å². The standard InChI is InChI=1S/C27H26FN3O6/c1-2-36-23(14-15-24(33)30-21-11-7-6-10-20(21)29)25(18-12-13-22(32)19(28)16-18)37-27(35)31-26(34)17-8-4-3-5-9-17/h3-16,23,25,32H,2,29H2,1H3,(H,30,33)(H,31,34,35)/b15-14+/t23-,25-/m0/s1. The number of alkyl carbamates (subject to hydrolysis) is 1. The third kappa shape index (κ3) is 7.64. The van der Waals surface area contributed by atoms with Crippen LogP contribution in [0.5, 0.6) is 5.75 Å². The Kier molecular flexibility index (Phi) is 9.34. The van der Waals surface area contributed by atoms with E-state index in [4.69, 9.17) is 15.2 Å². The van der Waals surface area contributed by atoms with Gasteiger partial charge in [0.2, 0.25) is 5.91 Å². The van der Waals surface area contributed by atoms with E-state index in [1.807, 2.05) is 0 Å². The maximum Gasteiger partial charge on any atom is 0.414 e. The largest absolute Gasteiger partial charge is 0.505 e. The second-order valence-electron chi connectivity index (χ2n) is 7.71. The number of nitrogen functional groups attached to an aromatic ring is 1. The first-order chi connectivity index (χ1) is 17.8. The number of nitrogens with two attached hydrogens (primary N) is 1. The number of para-hydroxylation sites is 2. The zero-order valence-electron chi connectivity index (χ0n) is 19.9. The highest BCUT2D eigenvalue weighted by Crippen LogP contribution is 2.28. The number of imide groups is 1. The minimum Gasteiger partial charge on any atom is -0.505 e. The number of ether oxygens (including phenoxy) is 2. The topological polar surface area (TPSA) is 140 Å². The number of phenolic OH excluding ortho intramolecular Hbond substituents is 1. The van der Waals surface area contributed by atoms with Crippen LogP contribution in [0.4, 0.5) is 20.6 Å². The van der Waals surface area contributed by atoms with Crippen LogP contribution in [-0.2, 0) is 14.3 Å². The number of hydrogen-bond donors (Lipinski definition) is 4. The molecule has 0 aromatic heterocycles. The minimum atomic E-state index is -1.29. The molecule has 3 rings (SSSR count). The van der Waals surface area contributed by atoms with Crippen molar-refractivity contribution in [2.24, 2.45) is 0 Å². The number of hydrogen-bond acceptors (Lipinski definition) is 7. The number of nitrogens with one attached hydrogen (secondary N) is 2. The zero-order valence-corrected chi connectivity index (χ0v) is 19.9. The maximum atomic E-state index is 14.2. The molecular weight excluding hydrogens is 481 g/mol. The number of rotatable bonds is 9. The van der Waals surface area contributed by atoms with Gasteiger partial charge in [-0.15, -0.1) is 0 Å². The molecule has 0 aliphatic carbocycles. The number of benzene rings is 3. The lowest BCUT2D eigenvalue weighted by Crippen LogP contribution is -2.35. The SMILES string of the molecule is CCO[C@@H](/C=C/C(=O)Nc1ccccc1N)[C@@H](OC(=O)NC(=O)c1ccccc1)c1ccc(O)c(F)c1. The average Bonchev–Trinajstić information content (AvgIpc) is 2.89. The van der Waals surface area contributed by atoms with Gasteiger partial charge in [-0.2, -0.15) is 0 Å². The highest BCUT2D eigenvalue weighted by atomic mass is 19.1. The summed E-state index contributed by atoms with van der Waals surface area (Å²) in [6.45, 7) is 1.83. The molecule has 0 bridgehead atoms. The van der Waals surface area contributed by atoms with E-state index in [0.29, 0.717) is 11.4 Å². The first-order valence-electron chi connectivity index (χ1n) is 11.3. The third-order valence-corrected chi connectivity index (χ3v) is 5.10. The van der Waals surface area contributed by atoms with Crippen LogP contribution < -0.4 is 16.4 Å². The molecule has 10 heteroatoms. The summed E-state index contributed by atoms with van der Waals surface area (Å²) >= 11 is 0. The first kappa shape index (κ1) is 26.9. The van der Waals surface area contributed by atoms with Gasteiger partial charge in [-0.1, -0.05) is 36.4 Å². The van der Waals surface area contributed by atoms with E-state index in [-0.39, 0.29) is 17.7 Å². The monoisotopic (exact) mass is 507 g/mol. The Balaban J connectivity index is 1.83. The number of anilines is 2. The molecule has 0 saturated heterocycles. The third-order valence-electron chi connectivity index (χ3n) is 5.10. The highest BCUT2D eigenvalue weighted by Gasteiger charge is 2.28. The smallest absolute Gasteiger partial charge is 0.414 e. The van der Waals surface area contributed by atoms with Crippen molar-refractivity contribution < 1.29 is 33.4 Å². The molecule has 0 aliphatic rings. The van der Waals surface area contributed by atoms with E-state index < -0.39 is 41.7 Å². The molecule has 0 spiro atoms. The summed E-state index contributed by atoms with van der Waals surface area (Å²) in [6.07, 6.45) is -0.978. The summed E-state index contributed by atoms with van der Waals surface area (Å²) in [6, 6.07) is 18.1. The van der Waals surface area contributed by atoms with Crippen molar-refractivity contribution in [3.63, 3.8) is 0 Å². The van der Waals surface area contributed by atoms with Crippen LogP contribution in [0.2, 0.25) is 0 Å². The molecule has 0 radical (unpaired) electrons. The molecule has 0 saturated carbocycles. The summed E-state index contributed by atoms with van der Waals surface area (Å²) in [5.74, 6) is -2.80. The second-order valence-corrected chi connectivity index (χ2v) is 7.71. The van der Waals surface area contributed by atoms with Crippen molar-refractivity contribution in [1.82, 2.24) is 5.32 Å². The molecule has 3 amide bonds. The molecule has 0 aliphatic heterocycles. The molecule has 37 heavy (non-hydrogen) atoms. The normalized spacial score (nSPS) is 12.5. The van der Waals surface area contributed by atoms with Crippen molar-refractivity contribution in [1.29, 1.82) is 0 Å². The van der Waals surface area contributed by atoms with E-state index in [1.54, 1.807) is 49.4 Å². The molecule has 0 heterocycles. The lowest BCUT2D eigenvalue weighted by molar-refractivity contribution is -0.112. The van der Waals surface area contributed by atoms with Gasteiger partial charge in [0.25, 0.3) is 5.91 Å². The Labute approximate surface area is 212 Å². The van der Waals surface area contributed by atoms with Crippen LogP contribution in [0.25, 0.3) is 0 Å². The van der Waals surface area contributed by atoms with Gasteiger partial charge in [-0.3, -0.25) is 14.9 Å². The lowest BCUT2D eigenvalue weighted by Gasteiger charge is -2.25. The fourth-order valence-corrected chi connectivity index (χ4v) is 3.33. The molecule has 0 unspecified atom stereocenters. The fraction of sp³-hybridized carbons (Fsp3) is 0.148. The second kappa shape index (κ2) is 12.8. The van der Waals surface area contributed by atoms with Gasteiger partial charge in [-0.25, -0.2) is 9.18 Å². The van der Waals surface area contributed by atoms with Crippen LogP contribution in [0.3, 0.4) is 0 Å². The number of carbonyl (C=O) groups is 3. The summed E-state index contributed by atoms with van der Waals surface area (Å²) < 4.78 is 25.3. The Morgan fingerprint density at radius 1 is 1.05 bits per heavy atom. The molecule has 3 aromatic rings. The number of aromatic hydroxyl groups is 1. The van der Waals surface area contributed by atoms with Crippen LogP contribution >= 0.6 is 0 Å². The van der Waals surface area contributed by atoms with Crippen molar-refractivity contribution >= 4 is 29.3 Å². The van der Waals surface area contributed by atoms with E-state index in [2.05, 4.69) is 10.6 Å². The Morgan fingerprint density at radius 2 is 1.76 bits per heavy atom. The predicted molar refractivity (Wildman–Crippen MR) is 135 cm³/mol. The van der Waals surface area contributed by atoms with E-state index in [1.165, 1.54) is 24.3 Å². The van der Waals surface area contributed by atoms with Crippen molar-refractivity contribution in [3.05, 3.63) is 102 Å². The van der Waals surface area contributed by atoms with Crippen LogP contribution in [0.15, 0.2) is 84.9 Å². The van der Waals surface area contributed by atoms with Crippen LogP contribution in [0, 0.1) is 5.82 Å². The molecule has 0 fully saturated rings. The summed E-state index contributed by atoms with van der Waals surface area (Å²) in [5.41, 5.74) is 6.96. The Bertz CT molecular complexity index is 1280. The van der Waals surface area contributed by atoms with Gasteiger partial charge in [0.1, 0.15) is 6.10 Å². The van der Waals surface area contributed by atoms with Gasteiger partial charge in [-0.05, 0) is 55.0 Å². The molecule has 2 atom stereocenters. The summed E-state index contributed by atoms with van der Waals surface area (Å²) in [4.78, 5) is 37.5. The van der Waals surface area contributed by atoms with Gasteiger partial charge in [0.15, 0.2) is 17.7 Å². The molecule has 9 nitrogen and oxygen atoms in total. The number of carbonyl (C=O) groups excluding carboxylic acids is 3. The molecule has 192 valence electrons. The van der Waals surface area contributed by atoms with Crippen LogP contribution in [-0.4, -0.2) is 35.7 Å². The maximum absolute atomic E-state index is 14.2. The molecule has 3 aromatic carbocycles. The van der Waals surface area contributed by atoms with E-state index in [0.717, 1.165) is 18.2 Å². The van der Waals surface area contributed by atoms with Gasteiger partial charge >= 0.3 is 6.09 Å². The minimum absolute atomic E-state index is 0.119. The van der Waals surface area contributed by atoms with E-state index >= 15 is 0 Å². The van der Waals surface area contributed by atoms with Gasteiger partial charge in [0.05, 0.1) is 11.4 Å². The van der Waals surface area contributed by atoms with Gasteiger partial charge in [0, 0.05) is 18.2 Å². The van der Waals surface area contributed by atoms with E-state index in [9.17, 15) is 23.9 Å². The number of halogens is 1. The number of amides is 3. The fourth-order valence-electron chi connectivity index (χ4n) is 3.33. The van der Waals surface area contributed by atoms with Crippen molar-refractivity contribution in [3.8, 4) is 5.75 Å². The summed E-state index contributed by atoms with van der Waals surface area (Å²) in [7, 11) is 0. The first-order valence-corrected chi connectivity index (χ1v) is 11.3. The highest BCUT2D eigenvalue weighted by molar-refractivity contribution is 6.03.